The average Bonchev–Trinajstić information content (AvgIpc) is 2.69. The van der Waals surface area contributed by atoms with Crippen LogP contribution in [0.3, 0.4) is 0 Å². The molecule has 1 saturated carbocycles. The van der Waals surface area contributed by atoms with Gasteiger partial charge >= 0.3 is 6.09 Å². The van der Waals surface area contributed by atoms with E-state index in [0.717, 1.165) is 0 Å². The van der Waals surface area contributed by atoms with Gasteiger partial charge in [0, 0.05) is 6.54 Å². The van der Waals surface area contributed by atoms with Gasteiger partial charge in [0.2, 0.25) is 0 Å². The fourth-order valence-corrected chi connectivity index (χ4v) is 2.40. The van der Waals surface area contributed by atoms with Gasteiger partial charge < -0.3 is 15.8 Å². The molecule has 4 heteroatoms. The second kappa shape index (κ2) is 6.24. The van der Waals surface area contributed by atoms with E-state index in [-0.39, 0.29) is 6.09 Å². The topological polar surface area (TPSA) is 64.3 Å². The number of carbonyl (C=O) groups excluding carboxylic acids is 1. The van der Waals surface area contributed by atoms with Crippen molar-refractivity contribution in [3.63, 3.8) is 0 Å². The molecular formula is C13H26N2O2. The lowest BCUT2D eigenvalue weighted by molar-refractivity contribution is 0.0514. The van der Waals surface area contributed by atoms with Crippen molar-refractivity contribution < 1.29 is 9.53 Å². The monoisotopic (exact) mass is 242 g/mol. The Morgan fingerprint density at radius 3 is 2.47 bits per heavy atom. The van der Waals surface area contributed by atoms with Gasteiger partial charge in [-0.25, -0.2) is 4.79 Å². The Morgan fingerprint density at radius 1 is 1.41 bits per heavy atom. The van der Waals surface area contributed by atoms with Gasteiger partial charge in [-0.15, -0.1) is 0 Å². The zero-order chi connectivity index (χ0) is 12.9. The third kappa shape index (κ3) is 5.39. The van der Waals surface area contributed by atoms with Crippen molar-refractivity contribution in [2.45, 2.75) is 52.1 Å². The molecule has 1 fully saturated rings. The van der Waals surface area contributed by atoms with Crippen LogP contribution < -0.4 is 11.1 Å². The lowest BCUT2D eigenvalue weighted by Crippen LogP contribution is -2.39. The summed E-state index contributed by atoms with van der Waals surface area (Å²) in [6.07, 6.45) is 4.76. The van der Waals surface area contributed by atoms with Crippen LogP contribution in [0.5, 0.6) is 0 Å². The normalized spacial score (nSPS) is 19.1. The molecule has 4 nitrogen and oxygen atoms in total. The quantitative estimate of drug-likeness (QED) is 0.795. The number of alkyl carbamates (subject to hydrolysis) is 1. The average molecular weight is 242 g/mol. The Bertz CT molecular complexity index is 242. The van der Waals surface area contributed by atoms with Gasteiger partial charge in [0.25, 0.3) is 0 Å². The van der Waals surface area contributed by atoms with Crippen molar-refractivity contribution in [3.05, 3.63) is 0 Å². The molecule has 100 valence electrons. The van der Waals surface area contributed by atoms with Crippen LogP contribution in [0, 0.1) is 11.8 Å². The van der Waals surface area contributed by atoms with Gasteiger partial charge in [-0.1, -0.05) is 25.7 Å². The maximum atomic E-state index is 11.5. The Kier molecular flexibility index (Phi) is 5.25. The van der Waals surface area contributed by atoms with Crippen LogP contribution in [-0.4, -0.2) is 24.8 Å². The van der Waals surface area contributed by atoms with E-state index in [2.05, 4.69) is 5.32 Å². The van der Waals surface area contributed by atoms with Crippen molar-refractivity contribution >= 4 is 6.09 Å². The number of nitrogens with two attached hydrogens (primary N) is 1. The molecule has 0 heterocycles. The van der Waals surface area contributed by atoms with E-state index in [1.807, 2.05) is 20.8 Å². The Hall–Kier alpha value is -0.770. The van der Waals surface area contributed by atoms with E-state index in [1.54, 1.807) is 0 Å². The highest BCUT2D eigenvalue weighted by Crippen LogP contribution is 2.30. The zero-order valence-corrected chi connectivity index (χ0v) is 11.3. The SMILES string of the molecule is CC(C)(C)OC(=O)NCC(CN)C1CCCC1. The second-order valence-corrected chi connectivity index (χ2v) is 5.92. The van der Waals surface area contributed by atoms with Crippen LogP contribution in [-0.2, 0) is 4.74 Å². The van der Waals surface area contributed by atoms with Gasteiger partial charge in [-0.05, 0) is 39.2 Å². The van der Waals surface area contributed by atoms with E-state index in [4.69, 9.17) is 10.5 Å². The Balaban J connectivity index is 2.29. The summed E-state index contributed by atoms with van der Waals surface area (Å²) < 4.78 is 5.20. The van der Waals surface area contributed by atoms with Crippen LogP contribution in [0.2, 0.25) is 0 Å². The second-order valence-electron chi connectivity index (χ2n) is 5.92. The zero-order valence-electron chi connectivity index (χ0n) is 11.3. The molecule has 1 unspecified atom stereocenters. The standard InChI is InChI=1S/C13H26N2O2/c1-13(2,3)17-12(16)15-9-11(8-14)10-6-4-5-7-10/h10-11H,4-9,14H2,1-3H3,(H,15,16). The third-order valence-electron chi connectivity index (χ3n) is 3.28. The van der Waals surface area contributed by atoms with Gasteiger partial charge in [0.1, 0.15) is 5.60 Å². The fraction of sp³-hybridized carbons (Fsp3) is 0.923. The van der Waals surface area contributed by atoms with Gasteiger partial charge in [-0.3, -0.25) is 0 Å². The van der Waals surface area contributed by atoms with Crippen LogP contribution in [0.1, 0.15) is 46.5 Å². The molecule has 3 N–H and O–H groups in total. The van der Waals surface area contributed by atoms with E-state index in [0.29, 0.717) is 24.9 Å². The minimum atomic E-state index is -0.435. The number of carbonyl (C=O) groups is 1. The molecule has 0 bridgehead atoms. The smallest absolute Gasteiger partial charge is 0.407 e. The fourth-order valence-electron chi connectivity index (χ4n) is 2.40. The molecule has 1 aliphatic carbocycles. The molecule has 0 aromatic carbocycles. The minimum absolute atomic E-state index is 0.339. The molecule has 1 rings (SSSR count). The van der Waals surface area contributed by atoms with Gasteiger partial charge in [0.15, 0.2) is 0 Å². The first kappa shape index (κ1) is 14.3. The largest absolute Gasteiger partial charge is 0.444 e. The maximum absolute atomic E-state index is 11.5. The number of hydrogen-bond acceptors (Lipinski definition) is 3. The van der Waals surface area contributed by atoms with Gasteiger partial charge in [-0.2, -0.15) is 0 Å². The molecule has 0 radical (unpaired) electrons. The molecule has 0 aliphatic heterocycles. The first-order valence-corrected chi connectivity index (χ1v) is 6.59. The molecule has 1 aliphatic rings. The van der Waals surface area contributed by atoms with Gasteiger partial charge in [0.05, 0.1) is 0 Å². The first-order chi connectivity index (χ1) is 7.92. The lowest BCUT2D eigenvalue weighted by Gasteiger charge is -2.24. The van der Waals surface area contributed by atoms with Crippen molar-refractivity contribution in [1.29, 1.82) is 0 Å². The minimum Gasteiger partial charge on any atom is -0.444 e. The van der Waals surface area contributed by atoms with Crippen LogP contribution in [0.4, 0.5) is 4.79 Å². The first-order valence-electron chi connectivity index (χ1n) is 6.59. The number of amides is 1. The molecule has 17 heavy (non-hydrogen) atoms. The summed E-state index contributed by atoms with van der Waals surface area (Å²) in [5.74, 6) is 1.07. The van der Waals surface area contributed by atoms with E-state index < -0.39 is 5.60 Å². The summed E-state index contributed by atoms with van der Waals surface area (Å²) >= 11 is 0. The van der Waals surface area contributed by atoms with Crippen LogP contribution in [0.15, 0.2) is 0 Å². The lowest BCUT2D eigenvalue weighted by atomic mass is 9.91. The summed E-state index contributed by atoms with van der Waals surface area (Å²) in [6, 6.07) is 0. The van der Waals surface area contributed by atoms with Crippen LogP contribution in [0.25, 0.3) is 0 Å². The molecule has 0 aromatic heterocycles. The Morgan fingerprint density at radius 2 is 2.00 bits per heavy atom. The molecule has 0 spiro atoms. The number of hydrogen-bond donors (Lipinski definition) is 2. The highest BCUT2D eigenvalue weighted by Gasteiger charge is 2.25. The van der Waals surface area contributed by atoms with Crippen molar-refractivity contribution in [2.75, 3.05) is 13.1 Å². The molecule has 0 saturated heterocycles. The highest BCUT2D eigenvalue weighted by molar-refractivity contribution is 5.67. The van der Waals surface area contributed by atoms with E-state index >= 15 is 0 Å². The van der Waals surface area contributed by atoms with E-state index in [9.17, 15) is 4.79 Å². The predicted octanol–water partition coefficient (Wildman–Crippen LogP) is 2.28. The number of rotatable bonds is 4. The highest BCUT2D eigenvalue weighted by atomic mass is 16.6. The molecular weight excluding hydrogens is 216 g/mol. The predicted molar refractivity (Wildman–Crippen MR) is 68.7 cm³/mol. The summed E-state index contributed by atoms with van der Waals surface area (Å²) in [6.45, 7) is 6.87. The molecule has 0 aromatic rings. The summed E-state index contributed by atoms with van der Waals surface area (Å²) in [5.41, 5.74) is 5.34. The summed E-state index contributed by atoms with van der Waals surface area (Å²) in [7, 11) is 0. The number of ether oxygens (including phenoxy) is 1. The summed E-state index contributed by atoms with van der Waals surface area (Å²) in [4.78, 5) is 11.5. The Labute approximate surface area is 104 Å². The van der Waals surface area contributed by atoms with Crippen molar-refractivity contribution in [1.82, 2.24) is 5.32 Å². The van der Waals surface area contributed by atoms with Crippen LogP contribution >= 0.6 is 0 Å². The van der Waals surface area contributed by atoms with Crippen molar-refractivity contribution in [2.24, 2.45) is 17.6 Å². The molecule has 1 atom stereocenters. The van der Waals surface area contributed by atoms with Crippen molar-refractivity contribution in [3.8, 4) is 0 Å². The number of nitrogens with one attached hydrogen (secondary N) is 1. The van der Waals surface area contributed by atoms with E-state index in [1.165, 1.54) is 25.7 Å². The summed E-state index contributed by atoms with van der Waals surface area (Å²) in [5, 5.41) is 2.83. The maximum Gasteiger partial charge on any atom is 0.407 e. The molecule has 1 amide bonds. The third-order valence-corrected chi connectivity index (χ3v) is 3.28.